The van der Waals surface area contributed by atoms with Gasteiger partial charge in [-0.05, 0) is 44.7 Å². The second-order valence-corrected chi connectivity index (χ2v) is 5.22. The number of carbonyl (C=O) groups is 2. The van der Waals surface area contributed by atoms with Crippen molar-refractivity contribution in [3.05, 3.63) is 24.2 Å². The minimum atomic E-state index is -0.259. The maximum absolute atomic E-state index is 11.8. The molecule has 1 saturated carbocycles. The Hall–Kier alpha value is -1.98. The number of carbonyl (C=O) groups excluding carboxylic acids is 2. The molecule has 0 unspecified atom stereocenters. The Morgan fingerprint density at radius 1 is 1.33 bits per heavy atom. The number of amides is 2. The van der Waals surface area contributed by atoms with Crippen LogP contribution in [0.4, 0.5) is 4.79 Å². The van der Waals surface area contributed by atoms with Crippen LogP contribution in [0.1, 0.15) is 38.4 Å². The number of rotatable bonds is 5. The maximum Gasteiger partial charge on any atom is 0.314 e. The highest BCUT2D eigenvalue weighted by atomic mass is 16.5. The third kappa shape index (κ3) is 5.13. The molecular weight excluding hydrogens is 272 g/mol. The van der Waals surface area contributed by atoms with Gasteiger partial charge in [0.15, 0.2) is 0 Å². The summed E-state index contributed by atoms with van der Waals surface area (Å²) in [5.41, 5.74) is 0. The SMILES string of the molecule is CCNC(=O)NC1CCC(OC(=O)Cc2ccco2)CC1. The summed E-state index contributed by atoms with van der Waals surface area (Å²) in [7, 11) is 0. The molecule has 1 aromatic heterocycles. The molecule has 6 nitrogen and oxygen atoms in total. The highest BCUT2D eigenvalue weighted by Crippen LogP contribution is 2.21. The number of nitrogens with one attached hydrogen (secondary N) is 2. The predicted octanol–water partition coefficient (Wildman–Crippen LogP) is 2.00. The fraction of sp³-hybridized carbons (Fsp3) is 0.600. The van der Waals surface area contributed by atoms with E-state index in [1.807, 2.05) is 6.92 Å². The minimum Gasteiger partial charge on any atom is -0.469 e. The average molecular weight is 294 g/mol. The van der Waals surface area contributed by atoms with Gasteiger partial charge in [-0.15, -0.1) is 0 Å². The van der Waals surface area contributed by atoms with Crippen LogP contribution in [-0.4, -0.2) is 30.7 Å². The molecule has 2 amide bonds. The lowest BCUT2D eigenvalue weighted by Crippen LogP contribution is -2.44. The first-order chi connectivity index (χ1) is 10.2. The van der Waals surface area contributed by atoms with Gasteiger partial charge >= 0.3 is 12.0 Å². The van der Waals surface area contributed by atoms with E-state index in [1.54, 1.807) is 18.4 Å². The van der Waals surface area contributed by atoms with Crippen LogP contribution in [-0.2, 0) is 16.0 Å². The number of ether oxygens (including phenoxy) is 1. The van der Waals surface area contributed by atoms with Crippen LogP contribution in [0.5, 0.6) is 0 Å². The molecule has 1 aliphatic rings. The third-order valence-electron chi connectivity index (χ3n) is 3.54. The number of urea groups is 1. The molecule has 1 heterocycles. The van der Waals surface area contributed by atoms with Crippen molar-refractivity contribution >= 4 is 12.0 Å². The zero-order valence-corrected chi connectivity index (χ0v) is 12.3. The molecule has 6 heteroatoms. The summed E-state index contributed by atoms with van der Waals surface area (Å²) < 4.78 is 10.6. The van der Waals surface area contributed by atoms with Crippen LogP contribution in [0.2, 0.25) is 0 Å². The van der Waals surface area contributed by atoms with E-state index in [9.17, 15) is 9.59 Å². The fourth-order valence-electron chi connectivity index (χ4n) is 2.50. The first kappa shape index (κ1) is 15.4. The van der Waals surface area contributed by atoms with Crippen molar-refractivity contribution in [3.8, 4) is 0 Å². The van der Waals surface area contributed by atoms with Crippen LogP contribution in [0.25, 0.3) is 0 Å². The van der Waals surface area contributed by atoms with Gasteiger partial charge in [-0.25, -0.2) is 4.79 Å². The standard InChI is InChI=1S/C15H22N2O4/c1-2-16-15(19)17-11-5-7-12(8-6-11)21-14(18)10-13-4-3-9-20-13/h3-4,9,11-12H,2,5-8,10H2,1H3,(H2,16,17,19). The molecule has 0 aromatic carbocycles. The Kier molecular flexibility index (Phi) is 5.66. The third-order valence-corrected chi connectivity index (χ3v) is 3.54. The summed E-state index contributed by atoms with van der Waals surface area (Å²) >= 11 is 0. The summed E-state index contributed by atoms with van der Waals surface area (Å²) in [5, 5.41) is 5.64. The molecule has 1 aliphatic carbocycles. The lowest BCUT2D eigenvalue weighted by Gasteiger charge is -2.28. The van der Waals surface area contributed by atoms with Gasteiger partial charge in [0, 0.05) is 12.6 Å². The van der Waals surface area contributed by atoms with Gasteiger partial charge in [0.05, 0.1) is 6.26 Å². The van der Waals surface area contributed by atoms with Crippen molar-refractivity contribution in [1.29, 1.82) is 0 Å². The van der Waals surface area contributed by atoms with Crippen LogP contribution >= 0.6 is 0 Å². The number of furan rings is 1. The summed E-state index contributed by atoms with van der Waals surface area (Å²) in [6, 6.07) is 3.54. The van der Waals surface area contributed by atoms with E-state index < -0.39 is 0 Å². The van der Waals surface area contributed by atoms with E-state index >= 15 is 0 Å². The van der Waals surface area contributed by atoms with Crippen LogP contribution in [0.3, 0.4) is 0 Å². The minimum absolute atomic E-state index is 0.0558. The Morgan fingerprint density at radius 3 is 2.71 bits per heavy atom. The van der Waals surface area contributed by atoms with E-state index in [2.05, 4.69) is 10.6 Å². The summed E-state index contributed by atoms with van der Waals surface area (Å²) in [6.07, 6.45) is 4.87. The molecule has 2 N–H and O–H groups in total. The molecule has 0 aliphatic heterocycles. The Bertz CT molecular complexity index is 450. The van der Waals surface area contributed by atoms with Crippen LogP contribution in [0, 0.1) is 0 Å². The zero-order valence-electron chi connectivity index (χ0n) is 12.3. The van der Waals surface area contributed by atoms with Crippen molar-refractivity contribution in [2.75, 3.05) is 6.54 Å². The largest absolute Gasteiger partial charge is 0.469 e. The first-order valence-corrected chi connectivity index (χ1v) is 7.43. The van der Waals surface area contributed by atoms with Crippen molar-refractivity contribution in [2.45, 2.75) is 51.2 Å². The molecule has 21 heavy (non-hydrogen) atoms. The lowest BCUT2D eigenvalue weighted by molar-refractivity contribution is -0.150. The smallest absolute Gasteiger partial charge is 0.314 e. The Balaban J connectivity index is 1.66. The quantitative estimate of drug-likeness (QED) is 0.814. The summed E-state index contributed by atoms with van der Waals surface area (Å²) in [4.78, 5) is 23.2. The number of esters is 1. The van der Waals surface area contributed by atoms with E-state index in [-0.39, 0.29) is 30.6 Å². The molecule has 0 atom stereocenters. The molecule has 0 radical (unpaired) electrons. The van der Waals surface area contributed by atoms with Gasteiger partial charge < -0.3 is 19.8 Å². The normalized spacial score (nSPS) is 21.6. The summed E-state index contributed by atoms with van der Waals surface area (Å²) in [5.74, 6) is 0.358. The molecule has 1 aromatic rings. The van der Waals surface area contributed by atoms with E-state index in [0.29, 0.717) is 12.3 Å². The van der Waals surface area contributed by atoms with Crippen molar-refractivity contribution in [1.82, 2.24) is 10.6 Å². The molecule has 116 valence electrons. The van der Waals surface area contributed by atoms with Crippen molar-refractivity contribution < 1.29 is 18.7 Å². The zero-order chi connectivity index (χ0) is 15.1. The van der Waals surface area contributed by atoms with Gasteiger partial charge in [0.25, 0.3) is 0 Å². The van der Waals surface area contributed by atoms with Gasteiger partial charge in [-0.1, -0.05) is 0 Å². The highest BCUT2D eigenvalue weighted by molar-refractivity contribution is 5.74. The van der Waals surface area contributed by atoms with Crippen LogP contribution in [0.15, 0.2) is 22.8 Å². The molecule has 0 spiro atoms. The fourth-order valence-corrected chi connectivity index (χ4v) is 2.50. The van der Waals surface area contributed by atoms with Gasteiger partial charge in [0.1, 0.15) is 18.3 Å². The number of hydrogen-bond donors (Lipinski definition) is 2. The maximum atomic E-state index is 11.8. The second-order valence-electron chi connectivity index (χ2n) is 5.22. The average Bonchev–Trinajstić information content (AvgIpc) is 2.94. The lowest BCUT2D eigenvalue weighted by atomic mass is 9.93. The monoisotopic (exact) mass is 294 g/mol. The summed E-state index contributed by atoms with van der Waals surface area (Å²) in [6.45, 7) is 2.50. The Labute approximate surface area is 124 Å². The van der Waals surface area contributed by atoms with Crippen molar-refractivity contribution in [3.63, 3.8) is 0 Å². The van der Waals surface area contributed by atoms with Gasteiger partial charge in [-0.3, -0.25) is 4.79 Å². The van der Waals surface area contributed by atoms with Gasteiger partial charge in [-0.2, -0.15) is 0 Å². The highest BCUT2D eigenvalue weighted by Gasteiger charge is 2.25. The Morgan fingerprint density at radius 2 is 2.10 bits per heavy atom. The first-order valence-electron chi connectivity index (χ1n) is 7.43. The van der Waals surface area contributed by atoms with E-state index in [4.69, 9.17) is 9.15 Å². The van der Waals surface area contributed by atoms with E-state index in [1.165, 1.54) is 0 Å². The predicted molar refractivity (Wildman–Crippen MR) is 76.8 cm³/mol. The van der Waals surface area contributed by atoms with E-state index in [0.717, 1.165) is 25.7 Å². The number of hydrogen-bond acceptors (Lipinski definition) is 4. The van der Waals surface area contributed by atoms with Crippen molar-refractivity contribution in [2.24, 2.45) is 0 Å². The van der Waals surface area contributed by atoms with Crippen LogP contribution < -0.4 is 10.6 Å². The molecule has 0 saturated heterocycles. The van der Waals surface area contributed by atoms with Gasteiger partial charge in [0.2, 0.25) is 0 Å². The molecule has 2 rings (SSSR count). The topological polar surface area (TPSA) is 80.6 Å². The molecule has 0 bridgehead atoms. The second kappa shape index (κ2) is 7.71. The molecule has 1 fully saturated rings. The molecular formula is C15H22N2O4.